The number of nitrogens with zero attached hydrogens (tertiary/aromatic N) is 1. The van der Waals surface area contributed by atoms with Crippen molar-refractivity contribution < 1.29 is 4.79 Å². The molecule has 2 heterocycles. The number of carbonyl (C=O) groups is 1. The van der Waals surface area contributed by atoms with Crippen molar-refractivity contribution in [3.8, 4) is 0 Å². The summed E-state index contributed by atoms with van der Waals surface area (Å²) in [5.74, 6) is 0.781. The second-order valence-corrected chi connectivity index (χ2v) is 5.84. The zero-order chi connectivity index (χ0) is 11.5. The van der Waals surface area contributed by atoms with Gasteiger partial charge >= 0.3 is 0 Å². The molecule has 0 N–H and O–H groups in total. The van der Waals surface area contributed by atoms with Gasteiger partial charge in [-0.15, -0.1) is 11.3 Å². The minimum Gasteiger partial charge on any atom is -0.335 e. The van der Waals surface area contributed by atoms with Crippen molar-refractivity contribution in [1.82, 2.24) is 4.90 Å². The molecule has 3 heteroatoms. The Balaban J connectivity index is 2.06. The lowest BCUT2D eigenvalue weighted by atomic mass is 10.1. The lowest BCUT2D eigenvalue weighted by Gasteiger charge is -2.24. The van der Waals surface area contributed by atoms with Gasteiger partial charge < -0.3 is 4.90 Å². The van der Waals surface area contributed by atoms with Crippen molar-refractivity contribution >= 4 is 17.2 Å². The number of hydrogen-bond acceptors (Lipinski definition) is 2. The number of rotatable bonds is 3. The van der Waals surface area contributed by atoms with Crippen LogP contribution in [0.15, 0.2) is 17.5 Å². The quantitative estimate of drug-likeness (QED) is 0.788. The maximum atomic E-state index is 12.1. The zero-order valence-electron chi connectivity index (χ0n) is 9.98. The lowest BCUT2D eigenvalue weighted by Crippen LogP contribution is -2.30. The number of likely N-dealkylation sites (tertiary alicyclic amines) is 1. The fourth-order valence-electron chi connectivity index (χ4n) is 2.31. The van der Waals surface area contributed by atoms with E-state index in [2.05, 4.69) is 36.3 Å². The Morgan fingerprint density at radius 3 is 3.06 bits per heavy atom. The summed E-state index contributed by atoms with van der Waals surface area (Å²) >= 11 is 1.77. The van der Waals surface area contributed by atoms with Crippen LogP contribution in [0.5, 0.6) is 0 Å². The maximum absolute atomic E-state index is 12.1. The molecule has 16 heavy (non-hydrogen) atoms. The SMILES string of the molecule is CC(C)CC(=O)N1CCCC1c1cccs1. The first-order valence-electron chi connectivity index (χ1n) is 6.01. The van der Waals surface area contributed by atoms with Crippen LogP contribution in [0.25, 0.3) is 0 Å². The molecule has 1 aliphatic heterocycles. The molecular formula is C13H19NOS. The van der Waals surface area contributed by atoms with Crippen LogP contribution in [0.4, 0.5) is 0 Å². The fraction of sp³-hybridized carbons (Fsp3) is 0.615. The topological polar surface area (TPSA) is 20.3 Å². The molecule has 0 saturated carbocycles. The number of amides is 1. The highest BCUT2D eigenvalue weighted by Crippen LogP contribution is 2.35. The molecule has 1 atom stereocenters. The Hall–Kier alpha value is -0.830. The van der Waals surface area contributed by atoms with Crippen molar-refractivity contribution in [2.75, 3.05) is 6.54 Å². The summed E-state index contributed by atoms with van der Waals surface area (Å²) in [5, 5.41) is 2.10. The van der Waals surface area contributed by atoms with E-state index < -0.39 is 0 Å². The van der Waals surface area contributed by atoms with E-state index >= 15 is 0 Å². The Labute approximate surface area is 101 Å². The summed E-state index contributed by atoms with van der Waals surface area (Å²) in [6.07, 6.45) is 2.96. The van der Waals surface area contributed by atoms with Gasteiger partial charge in [0.15, 0.2) is 0 Å². The van der Waals surface area contributed by atoms with Gasteiger partial charge in [-0.1, -0.05) is 19.9 Å². The predicted octanol–water partition coefficient (Wildman–Crippen LogP) is 3.46. The van der Waals surface area contributed by atoms with Crippen LogP contribution in [-0.4, -0.2) is 17.4 Å². The standard InChI is InChI=1S/C13H19NOS/c1-10(2)9-13(15)14-7-3-5-11(14)12-6-4-8-16-12/h4,6,8,10-11H,3,5,7,9H2,1-2H3. The summed E-state index contributed by atoms with van der Waals surface area (Å²) in [6.45, 7) is 5.15. The summed E-state index contributed by atoms with van der Waals surface area (Å²) in [7, 11) is 0. The first kappa shape index (κ1) is 11.6. The van der Waals surface area contributed by atoms with Gasteiger partial charge in [-0.05, 0) is 30.2 Å². The van der Waals surface area contributed by atoms with Crippen molar-refractivity contribution in [3.05, 3.63) is 22.4 Å². The van der Waals surface area contributed by atoms with Crippen LogP contribution in [0.2, 0.25) is 0 Å². The fourth-order valence-corrected chi connectivity index (χ4v) is 3.18. The van der Waals surface area contributed by atoms with E-state index in [1.165, 1.54) is 4.88 Å². The van der Waals surface area contributed by atoms with Crippen molar-refractivity contribution in [2.45, 2.75) is 39.2 Å². The van der Waals surface area contributed by atoms with E-state index in [1.807, 2.05) is 0 Å². The van der Waals surface area contributed by atoms with Gasteiger partial charge in [0, 0.05) is 17.8 Å². The second kappa shape index (κ2) is 5.00. The molecule has 1 aromatic rings. The third-order valence-corrected chi connectivity index (χ3v) is 4.00. The average Bonchev–Trinajstić information content (AvgIpc) is 2.87. The number of carbonyl (C=O) groups excluding carboxylic acids is 1. The molecular weight excluding hydrogens is 218 g/mol. The summed E-state index contributed by atoms with van der Waals surface area (Å²) in [6, 6.07) is 4.57. The summed E-state index contributed by atoms with van der Waals surface area (Å²) in [4.78, 5) is 15.5. The van der Waals surface area contributed by atoms with Crippen LogP contribution in [-0.2, 0) is 4.79 Å². The minimum absolute atomic E-state index is 0.325. The Morgan fingerprint density at radius 2 is 2.44 bits per heavy atom. The molecule has 0 bridgehead atoms. The smallest absolute Gasteiger partial charge is 0.223 e. The van der Waals surface area contributed by atoms with E-state index in [0.717, 1.165) is 19.4 Å². The van der Waals surface area contributed by atoms with Crippen LogP contribution in [0.3, 0.4) is 0 Å². The van der Waals surface area contributed by atoms with E-state index in [-0.39, 0.29) is 0 Å². The summed E-state index contributed by atoms with van der Waals surface area (Å²) in [5.41, 5.74) is 0. The molecule has 1 aromatic heterocycles. The third kappa shape index (κ3) is 2.46. The Kier molecular flexibility index (Phi) is 3.64. The molecule has 1 amide bonds. The normalized spacial score (nSPS) is 20.7. The van der Waals surface area contributed by atoms with Gasteiger partial charge in [-0.25, -0.2) is 0 Å². The zero-order valence-corrected chi connectivity index (χ0v) is 10.8. The maximum Gasteiger partial charge on any atom is 0.223 e. The summed E-state index contributed by atoms with van der Waals surface area (Å²) < 4.78 is 0. The molecule has 1 unspecified atom stereocenters. The van der Waals surface area contributed by atoms with Crippen LogP contribution in [0, 0.1) is 5.92 Å². The van der Waals surface area contributed by atoms with Crippen LogP contribution >= 0.6 is 11.3 Å². The highest BCUT2D eigenvalue weighted by molar-refractivity contribution is 7.10. The van der Waals surface area contributed by atoms with Crippen molar-refractivity contribution in [2.24, 2.45) is 5.92 Å². The molecule has 2 rings (SSSR count). The van der Waals surface area contributed by atoms with Gasteiger partial charge in [-0.2, -0.15) is 0 Å². The molecule has 0 aromatic carbocycles. The van der Waals surface area contributed by atoms with Gasteiger partial charge in [0.25, 0.3) is 0 Å². The van der Waals surface area contributed by atoms with Gasteiger partial charge in [-0.3, -0.25) is 4.79 Å². The highest BCUT2D eigenvalue weighted by atomic mass is 32.1. The van der Waals surface area contributed by atoms with E-state index in [0.29, 0.717) is 24.3 Å². The van der Waals surface area contributed by atoms with Gasteiger partial charge in [0.2, 0.25) is 5.91 Å². The Bertz CT molecular complexity index is 345. The lowest BCUT2D eigenvalue weighted by molar-refractivity contribution is -0.132. The van der Waals surface area contributed by atoms with E-state index in [1.54, 1.807) is 11.3 Å². The first-order chi connectivity index (χ1) is 7.68. The molecule has 1 aliphatic rings. The van der Waals surface area contributed by atoms with E-state index in [4.69, 9.17) is 0 Å². The van der Waals surface area contributed by atoms with Crippen molar-refractivity contribution in [3.63, 3.8) is 0 Å². The molecule has 0 spiro atoms. The van der Waals surface area contributed by atoms with Crippen LogP contribution in [0.1, 0.15) is 44.0 Å². The first-order valence-corrected chi connectivity index (χ1v) is 6.89. The van der Waals surface area contributed by atoms with Crippen molar-refractivity contribution in [1.29, 1.82) is 0 Å². The number of thiophene rings is 1. The third-order valence-electron chi connectivity index (χ3n) is 3.03. The van der Waals surface area contributed by atoms with E-state index in [9.17, 15) is 4.79 Å². The molecule has 0 radical (unpaired) electrons. The monoisotopic (exact) mass is 237 g/mol. The number of hydrogen-bond donors (Lipinski definition) is 0. The average molecular weight is 237 g/mol. The molecule has 1 fully saturated rings. The molecule has 88 valence electrons. The van der Waals surface area contributed by atoms with Crippen LogP contribution < -0.4 is 0 Å². The largest absolute Gasteiger partial charge is 0.335 e. The second-order valence-electron chi connectivity index (χ2n) is 4.86. The van der Waals surface area contributed by atoms with Gasteiger partial charge in [0.1, 0.15) is 0 Å². The van der Waals surface area contributed by atoms with Gasteiger partial charge in [0.05, 0.1) is 6.04 Å². The highest BCUT2D eigenvalue weighted by Gasteiger charge is 2.30. The molecule has 1 saturated heterocycles. The Morgan fingerprint density at radius 1 is 1.62 bits per heavy atom. The molecule has 0 aliphatic carbocycles. The predicted molar refractivity (Wildman–Crippen MR) is 67.5 cm³/mol. The minimum atomic E-state index is 0.325. The molecule has 2 nitrogen and oxygen atoms in total.